The lowest BCUT2D eigenvalue weighted by molar-refractivity contribution is 0.0478. The molecule has 2 aliphatic rings. The summed E-state index contributed by atoms with van der Waals surface area (Å²) in [7, 11) is 0. The van der Waals surface area contributed by atoms with Crippen LogP contribution in [0.3, 0.4) is 0 Å². The number of hydrogen-bond acceptors (Lipinski definition) is 2. The van der Waals surface area contributed by atoms with Crippen LogP contribution in [0.25, 0.3) is 0 Å². The molecule has 0 spiro atoms. The zero-order valence-electron chi connectivity index (χ0n) is 11.5. The monoisotopic (exact) mass is 238 g/mol. The van der Waals surface area contributed by atoms with E-state index in [4.69, 9.17) is 5.73 Å². The van der Waals surface area contributed by atoms with Crippen LogP contribution >= 0.6 is 0 Å². The molecule has 2 nitrogen and oxygen atoms in total. The van der Waals surface area contributed by atoms with Crippen molar-refractivity contribution in [2.75, 3.05) is 19.6 Å². The second-order valence-electron chi connectivity index (χ2n) is 6.14. The molecule has 0 amide bonds. The molecule has 17 heavy (non-hydrogen) atoms. The highest BCUT2D eigenvalue weighted by atomic mass is 15.2. The maximum absolute atomic E-state index is 5.92. The zero-order valence-corrected chi connectivity index (χ0v) is 11.5. The fourth-order valence-corrected chi connectivity index (χ4v) is 3.98. The van der Waals surface area contributed by atoms with Crippen molar-refractivity contribution in [2.45, 2.75) is 64.3 Å². The molecule has 100 valence electrons. The van der Waals surface area contributed by atoms with Crippen molar-refractivity contribution in [1.29, 1.82) is 0 Å². The molecule has 1 aliphatic carbocycles. The first kappa shape index (κ1) is 13.4. The van der Waals surface area contributed by atoms with Gasteiger partial charge < -0.3 is 5.73 Å². The SMILES string of the molecule is CCCC(CN)CN1CCC[C@H]2CCCC[C@H]21. The van der Waals surface area contributed by atoms with Gasteiger partial charge in [-0.05, 0) is 57.0 Å². The molecule has 1 saturated carbocycles. The Balaban J connectivity index is 1.89. The van der Waals surface area contributed by atoms with Gasteiger partial charge in [0.2, 0.25) is 0 Å². The van der Waals surface area contributed by atoms with Crippen molar-refractivity contribution < 1.29 is 0 Å². The summed E-state index contributed by atoms with van der Waals surface area (Å²) in [5, 5.41) is 0. The van der Waals surface area contributed by atoms with Gasteiger partial charge >= 0.3 is 0 Å². The third-order valence-corrected chi connectivity index (χ3v) is 4.88. The van der Waals surface area contributed by atoms with Gasteiger partial charge in [0.1, 0.15) is 0 Å². The molecule has 1 saturated heterocycles. The summed E-state index contributed by atoms with van der Waals surface area (Å²) in [6, 6.07) is 0.906. The molecule has 1 aliphatic heterocycles. The van der Waals surface area contributed by atoms with Gasteiger partial charge in [0.15, 0.2) is 0 Å². The molecule has 2 N–H and O–H groups in total. The fraction of sp³-hybridized carbons (Fsp3) is 1.00. The predicted molar refractivity (Wildman–Crippen MR) is 74.0 cm³/mol. The smallest absolute Gasteiger partial charge is 0.0124 e. The number of piperidine rings is 1. The number of fused-ring (bicyclic) bond motifs is 1. The minimum absolute atomic E-state index is 0.737. The third kappa shape index (κ3) is 3.45. The Morgan fingerprint density at radius 3 is 2.71 bits per heavy atom. The van der Waals surface area contributed by atoms with Crippen LogP contribution in [0.1, 0.15) is 58.3 Å². The molecule has 0 aromatic rings. The fourth-order valence-electron chi connectivity index (χ4n) is 3.98. The van der Waals surface area contributed by atoms with Gasteiger partial charge in [-0.2, -0.15) is 0 Å². The molecule has 3 atom stereocenters. The first-order valence-corrected chi connectivity index (χ1v) is 7.79. The second kappa shape index (κ2) is 6.75. The third-order valence-electron chi connectivity index (χ3n) is 4.88. The molecule has 0 aromatic carbocycles. The largest absolute Gasteiger partial charge is 0.330 e. The average Bonchev–Trinajstić information content (AvgIpc) is 2.38. The Kier molecular flexibility index (Phi) is 5.30. The lowest BCUT2D eigenvalue weighted by Gasteiger charge is -2.45. The lowest BCUT2D eigenvalue weighted by atomic mass is 9.78. The zero-order chi connectivity index (χ0) is 12.1. The highest BCUT2D eigenvalue weighted by Crippen LogP contribution is 2.35. The Hall–Kier alpha value is -0.0800. The van der Waals surface area contributed by atoms with Crippen LogP contribution in [0, 0.1) is 11.8 Å². The maximum atomic E-state index is 5.92. The van der Waals surface area contributed by atoms with Crippen molar-refractivity contribution >= 4 is 0 Å². The number of rotatable bonds is 5. The number of hydrogen-bond donors (Lipinski definition) is 1. The van der Waals surface area contributed by atoms with E-state index in [-0.39, 0.29) is 0 Å². The minimum atomic E-state index is 0.737. The Bertz CT molecular complexity index is 215. The van der Waals surface area contributed by atoms with Crippen LogP contribution < -0.4 is 5.73 Å². The molecule has 2 fully saturated rings. The van der Waals surface area contributed by atoms with E-state index in [0.717, 1.165) is 24.4 Å². The highest BCUT2D eigenvalue weighted by Gasteiger charge is 2.33. The molecule has 2 rings (SSSR count). The van der Waals surface area contributed by atoms with Crippen LogP contribution in [0.4, 0.5) is 0 Å². The summed E-state index contributed by atoms with van der Waals surface area (Å²) in [5.74, 6) is 1.75. The molecule has 2 heteroatoms. The van der Waals surface area contributed by atoms with Gasteiger partial charge in [-0.15, -0.1) is 0 Å². The first-order valence-electron chi connectivity index (χ1n) is 7.79. The van der Waals surface area contributed by atoms with Gasteiger partial charge in [0.05, 0.1) is 0 Å². The normalized spacial score (nSPS) is 32.1. The van der Waals surface area contributed by atoms with Crippen molar-refractivity contribution in [3.63, 3.8) is 0 Å². The van der Waals surface area contributed by atoms with E-state index in [9.17, 15) is 0 Å². The molecular weight excluding hydrogens is 208 g/mol. The van der Waals surface area contributed by atoms with E-state index < -0.39 is 0 Å². The second-order valence-corrected chi connectivity index (χ2v) is 6.14. The van der Waals surface area contributed by atoms with E-state index in [2.05, 4.69) is 11.8 Å². The van der Waals surface area contributed by atoms with Crippen molar-refractivity contribution in [2.24, 2.45) is 17.6 Å². The van der Waals surface area contributed by atoms with Gasteiger partial charge in [-0.3, -0.25) is 4.90 Å². The standard InChI is InChI=1S/C15H30N2/c1-2-6-13(11-16)12-17-10-5-8-14-7-3-4-9-15(14)17/h13-15H,2-12,16H2,1H3/t13?,14-,15-/m1/s1. The van der Waals surface area contributed by atoms with E-state index in [1.807, 2.05) is 0 Å². The van der Waals surface area contributed by atoms with Crippen LogP contribution in [0.15, 0.2) is 0 Å². The van der Waals surface area contributed by atoms with Crippen LogP contribution in [-0.4, -0.2) is 30.6 Å². The molecule has 1 unspecified atom stereocenters. The van der Waals surface area contributed by atoms with Gasteiger partial charge in [-0.1, -0.05) is 26.2 Å². The Labute approximate surface area is 107 Å². The van der Waals surface area contributed by atoms with Gasteiger partial charge in [0, 0.05) is 12.6 Å². The topological polar surface area (TPSA) is 29.3 Å². The van der Waals surface area contributed by atoms with E-state index in [1.54, 1.807) is 0 Å². The summed E-state index contributed by atoms with van der Waals surface area (Å²) in [5.41, 5.74) is 5.92. The van der Waals surface area contributed by atoms with E-state index in [0.29, 0.717) is 0 Å². The predicted octanol–water partition coefficient (Wildman–Crippen LogP) is 3.02. The Morgan fingerprint density at radius 1 is 1.18 bits per heavy atom. The van der Waals surface area contributed by atoms with Crippen molar-refractivity contribution in [1.82, 2.24) is 4.90 Å². The van der Waals surface area contributed by atoms with Crippen LogP contribution in [0.2, 0.25) is 0 Å². The average molecular weight is 238 g/mol. The first-order chi connectivity index (χ1) is 8.35. The molecule has 0 bridgehead atoms. The summed E-state index contributed by atoms with van der Waals surface area (Å²) in [6.45, 7) is 5.76. The van der Waals surface area contributed by atoms with Gasteiger partial charge in [0.25, 0.3) is 0 Å². The number of likely N-dealkylation sites (tertiary alicyclic amines) is 1. The quantitative estimate of drug-likeness (QED) is 0.798. The summed E-state index contributed by atoms with van der Waals surface area (Å²) in [4.78, 5) is 2.79. The number of nitrogens with two attached hydrogens (primary N) is 1. The summed E-state index contributed by atoms with van der Waals surface area (Å²) >= 11 is 0. The lowest BCUT2D eigenvalue weighted by Crippen LogP contribution is -2.49. The summed E-state index contributed by atoms with van der Waals surface area (Å²) in [6.07, 6.45) is 11.4. The molecule has 0 aromatic heterocycles. The van der Waals surface area contributed by atoms with Crippen LogP contribution in [0.5, 0.6) is 0 Å². The minimum Gasteiger partial charge on any atom is -0.330 e. The summed E-state index contributed by atoms with van der Waals surface area (Å²) < 4.78 is 0. The van der Waals surface area contributed by atoms with E-state index in [1.165, 1.54) is 64.5 Å². The van der Waals surface area contributed by atoms with Crippen LogP contribution in [-0.2, 0) is 0 Å². The van der Waals surface area contributed by atoms with E-state index >= 15 is 0 Å². The van der Waals surface area contributed by atoms with Crippen molar-refractivity contribution in [3.8, 4) is 0 Å². The Morgan fingerprint density at radius 2 is 1.94 bits per heavy atom. The maximum Gasteiger partial charge on any atom is 0.0124 e. The molecule has 1 heterocycles. The highest BCUT2D eigenvalue weighted by molar-refractivity contribution is 4.88. The van der Waals surface area contributed by atoms with Gasteiger partial charge in [-0.25, -0.2) is 0 Å². The molecular formula is C15H30N2. The molecule has 0 radical (unpaired) electrons. The number of nitrogens with zero attached hydrogens (tertiary/aromatic N) is 1. The van der Waals surface area contributed by atoms with Crippen molar-refractivity contribution in [3.05, 3.63) is 0 Å².